The van der Waals surface area contributed by atoms with Crippen LogP contribution in [0.3, 0.4) is 0 Å². The summed E-state index contributed by atoms with van der Waals surface area (Å²) in [7, 11) is -2.26. The number of hydrogen-bond donors (Lipinski definition) is 2. The number of benzene rings is 3. The second kappa shape index (κ2) is 11.6. The van der Waals surface area contributed by atoms with Crippen molar-refractivity contribution in [1.82, 2.24) is 9.88 Å². The van der Waals surface area contributed by atoms with Crippen molar-refractivity contribution in [3.8, 4) is 5.75 Å². The number of halogens is 1. The quantitative estimate of drug-likeness (QED) is 0.357. The Morgan fingerprint density at radius 3 is 2.62 bits per heavy atom. The highest BCUT2D eigenvalue weighted by atomic mass is 35.5. The van der Waals surface area contributed by atoms with E-state index in [0.29, 0.717) is 40.6 Å². The van der Waals surface area contributed by atoms with Gasteiger partial charge in [-0.2, -0.15) is 0 Å². The molecule has 0 radical (unpaired) electrons. The molecule has 3 aromatic carbocycles. The summed E-state index contributed by atoms with van der Waals surface area (Å²) >= 11 is 6.29. The molecule has 2 N–H and O–H groups in total. The maximum Gasteiger partial charge on any atom is 0.264 e. The molecule has 5 rings (SSSR count). The Hall–Kier alpha value is -3.66. The van der Waals surface area contributed by atoms with Crippen molar-refractivity contribution in [2.75, 3.05) is 38.0 Å². The van der Waals surface area contributed by atoms with Gasteiger partial charge >= 0.3 is 0 Å². The minimum atomic E-state index is -3.86. The highest BCUT2D eigenvalue weighted by Gasteiger charge is 2.23. The molecule has 1 atom stereocenters. The first-order valence-corrected chi connectivity index (χ1v) is 14.6. The summed E-state index contributed by atoms with van der Waals surface area (Å²) in [5, 5.41) is 1.34. The van der Waals surface area contributed by atoms with Crippen molar-refractivity contribution < 1.29 is 22.8 Å². The van der Waals surface area contributed by atoms with E-state index in [2.05, 4.69) is 9.71 Å². The monoisotopic (exact) mass is 565 g/mol. The number of pyridine rings is 1. The highest BCUT2D eigenvalue weighted by Crippen LogP contribution is 2.25. The number of amides is 1. The lowest BCUT2D eigenvalue weighted by Crippen LogP contribution is -3.11. The molecule has 1 aromatic heterocycles. The van der Waals surface area contributed by atoms with Crippen LogP contribution in [0.15, 0.2) is 83.9 Å². The first-order chi connectivity index (χ1) is 18.8. The Morgan fingerprint density at radius 2 is 1.85 bits per heavy atom. The lowest BCUT2D eigenvalue weighted by Gasteiger charge is -2.21. The topological polar surface area (TPSA) is 93.0 Å². The molecule has 1 aliphatic rings. The number of nitrogens with zero attached hydrogens (tertiary/aromatic N) is 2. The first-order valence-electron chi connectivity index (χ1n) is 12.8. The van der Waals surface area contributed by atoms with Crippen LogP contribution in [0.25, 0.3) is 10.9 Å². The van der Waals surface area contributed by atoms with Gasteiger partial charge in [0.15, 0.2) is 0 Å². The molecule has 1 saturated heterocycles. The molecule has 0 spiro atoms. The van der Waals surface area contributed by atoms with Gasteiger partial charge in [-0.3, -0.25) is 14.5 Å². The smallest absolute Gasteiger partial charge is 0.264 e. The van der Waals surface area contributed by atoms with Crippen LogP contribution < -0.4 is 14.4 Å². The van der Waals surface area contributed by atoms with Crippen molar-refractivity contribution in [3.63, 3.8) is 0 Å². The number of hydrogen-bond acceptors (Lipinski definition) is 5. The molecule has 8 nitrogen and oxygen atoms in total. The minimum Gasteiger partial charge on any atom is -0.495 e. The zero-order valence-corrected chi connectivity index (χ0v) is 23.1. The molecule has 0 aliphatic carbocycles. The Balaban J connectivity index is 1.22. The van der Waals surface area contributed by atoms with E-state index in [0.717, 1.165) is 37.0 Å². The van der Waals surface area contributed by atoms with Crippen molar-refractivity contribution >= 4 is 44.1 Å². The van der Waals surface area contributed by atoms with Crippen LogP contribution in [0.5, 0.6) is 5.75 Å². The van der Waals surface area contributed by atoms with E-state index in [-0.39, 0.29) is 10.8 Å². The van der Waals surface area contributed by atoms with Crippen molar-refractivity contribution in [2.24, 2.45) is 0 Å². The van der Waals surface area contributed by atoms with E-state index in [1.165, 1.54) is 11.0 Å². The third-order valence-corrected chi connectivity index (χ3v) is 8.63. The van der Waals surface area contributed by atoms with Gasteiger partial charge in [0.05, 0.1) is 37.3 Å². The van der Waals surface area contributed by atoms with Gasteiger partial charge in [-0.1, -0.05) is 29.8 Å². The number of methoxy groups -OCH3 is 1. The number of sulfonamides is 1. The summed E-state index contributed by atoms with van der Waals surface area (Å²) in [6.07, 6.45) is 2.46. The van der Waals surface area contributed by atoms with Gasteiger partial charge in [0.2, 0.25) is 0 Å². The standard InChI is InChI=1S/C29H29ClN4O4S/c1-38-26-13-8-21(19-25(26)30)20-33-15-4-16-34(18-17-33)29(35)23-9-11-24(12-10-23)32-39(36,37)27-7-2-5-22-6-3-14-31-28(22)27/h2-3,5-14,19,32H,4,15-18,20H2,1H3/p+1. The van der Waals surface area contributed by atoms with Gasteiger partial charge in [0.25, 0.3) is 15.9 Å². The summed E-state index contributed by atoms with van der Waals surface area (Å²) in [5.41, 5.74) is 2.44. The molecule has 4 aromatic rings. The van der Waals surface area contributed by atoms with E-state index in [1.807, 2.05) is 35.2 Å². The molecule has 202 valence electrons. The highest BCUT2D eigenvalue weighted by molar-refractivity contribution is 7.93. The summed E-state index contributed by atoms with van der Waals surface area (Å²) in [4.78, 5) is 20.8. The third kappa shape index (κ3) is 6.16. The van der Waals surface area contributed by atoms with Crippen LogP contribution in [0.2, 0.25) is 5.02 Å². The van der Waals surface area contributed by atoms with Crippen LogP contribution in [0.1, 0.15) is 22.3 Å². The van der Waals surface area contributed by atoms with Crippen LogP contribution in [-0.2, 0) is 16.6 Å². The van der Waals surface area contributed by atoms with E-state index < -0.39 is 10.0 Å². The van der Waals surface area contributed by atoms with E-state index >= 15 is 0 Å². The number of quaternary nitrogens is 1. The molecule has 39 heavy (non-hydrogen) atoms. The maximum absolute atomic E-state index is 13.2. The summed E-state index contributed by atoms with van der Waals surface area (Å²) in [6, 6.07) is 21.0. The van der Waals surface area contributed by atoms with Gasteiger partial charge in [-0.25, -0.2) is 8.42 Å². The predicted octanol–water partition coefficient (Wildman–Crippen LogP) is 3.63. The number of para-hydroxylation sites is 1. The van der Waals surface area contributed by atoms with E-state index in [1.54, 1.807) is 49.7 Å². The lowest BCUT2D eigenvalue weighted by atomic mass is 10.2. The SMILES string of the molecule is COc1ccc(C[NH+]2CCCN(C(=O)c3ccc(NS(=O)(=O)c4cccc5cccnc45)cc3)CC2)cc1Cl. The summed E-state index contributed by atoms with van der Waals surface area (Å²) in [6.45, 7) is 3.92. The second-order valence-corrected chi connectivity index (χ2v) is 11.6. The molecule has 0 bridgehead atoms. The number of aromatic nitrogens is 1. The Labute approximate surface area is 233 Å². The lowest BCUT2D eigenvalue weighted by molar-refractivity contribution is -0.911. The molecule has 0 saturated carbocycles. The maximum atomic E-state index is 13.2. The number of fused-ring (bicyclic) bond motifs is 1. The van der Waals surface area contributed by atoms with Gasteiger partial charge < -0.3 is 14.5 Å². The molecule has 1 aliphatic heterocycles. The third-order valence-electron chi connectivity index (χ3n) is 6.92. The predicted molar refractivity (Wildman–Crippen MR) is 152 cm³/mol. The molecule has 2 heterocycles. The van der Waals surface area contributed by atoms with Crippen LogP contribution in [0, 0.1) is 0 Å². The fourth-order valence-corrected chi connectivity index (χ4v) is 6.42. The number of nitrogens with one attached hydrogen (secondary N) is 2. The normalized spacial score (nSPS) is 16.1. The molecule has 1 fully saturated rings. The number of anilines is 1. The van der Waals surface area contributed by atoms with E-state index in [9.17, 15) is 13.2 Å². The van der Waals surface area contributed by atoms with Gasteiger partial charge in [-0.15, -0.1) is 0 Å². The van der Waals surface area contributed by atoms with Gasteiger partial charge in [0.1, 0.15) is 17.2 Å². The zero-order valence-electron chi connectivity index (χ0n) is 21.6. The van der Waals surface area contributed by atoms with Crippen LogP contribution in [-0.4, -0.2) is 57.5 Å². The average molecular weight is 566 g/mol. The molecular weight excluding hydrogens is 536 g/mol. The fourth-order valence-electron chi connectivity index (χ4n) is 4.90. The minimum absolute atomic E-state index is 0.0589. The number of carbonyl (C=O) groups is 1. The van der Waals surface area contributed by atoms with Crippen molar-refractivity contribution in [2.45, 2.75) is 17.9 Å². The number of rotatable bonds is 7. The summed E-state index contributed by atoms with van der Waals surface area (Å²) in [5.74, 6) is 0.601. The van der Waals surface area contributed by atoms with Crippen LogP contribution in [0.4, 0.5) is 5.69 Å². The second-order valence-electron chi connectivity index (χ2n) is 9.56. The number of ether oxygens (including phenoxy) is 1. The molecule has 10 heteroatoms. The van der Waals surface area contributed by atoms with E-state index in [4.69, 9.17) is 16.3 Å². The van der Waals surface area contributed by atoms with Gasteiger partial charge in [-0.05, 0) is 54.6 Å². The Kier molecular flexibility index (Phi) is 8.02. The molecule has 1 unspecified atom stereocenters. The summed E-state index contributed by atoms with van der Waals surface area (Å²) < 4.78 is 34.0. The van der Waals surface area contributed by atoms with Crippen molar-refractivity contribution in [3.05, 3.63) is 95.1 Å². The Bertz CT molecular complexity index is 1590. The zero-order chi connectivity index (χ0) is 27.4. The van der Waals surface area contributed by atoms with Gasteiger partial charge in [0, 0.05) is 41.4 Å². The Morgan fingerprint density at radius 1 is 1.05 bits per heavy atom. The fraction of sp³-hybridized carbons (Fsp3) is 0.241. The molecular formula is C29H30ClN4O4S+. The largest absolute Gasteiger partial charge is 0.495 e. The molecule has 1 amide bonds. The first kappa shape index (κ1) is 26.9. The van der Waals surface area contributed by atoms with Crippen molar-refractivity contribution in [1.29, 1.82) is 0 Å². The average Bonchev–Trinajstić information content (AvgIpc) is 3.18. The van der Waals surface area contributed by atoms with Crippen LogP contribution >= 0.6 is 11.6 Å². The number of carbonyl (C=O) groups excluding carboxylic acids is 1.